The third-order valence-corrected chi connectivity index (χ3v) is 3.41. The largest absolute Gasteiger partial charge is 0.481 e. The number of aliphatic carboxylic acids is 1. The molecule has 1 aromatic rings. The van der Waals surface area contributed by atoms with Crippen LogP contribution in [0.3, 0.4) is 0 Å². The zero-order chi connectivity index (χ0) is 11.3. The SMILES string of the molecule is C#CC1Oc2ccccc2[C@H]2C(C(=O)O)[C@@H]12. The maximum absolute atomic E-state index is 11.1. The minimum Gasteiger partial charge on any atom is -0.481 e. The molecule has 0 amide bonds. The van der Waals surface area contributed by atoms with Crippen LogP contribution < -0.4 is 4.74 Å². The van der Waals surface area contributed by atoms with Crippen LogP contribution in [0.5, 0.6) is 5.75 Å². The average Bonchev–Trinajstić information content (AvgIpc) is 3.03. The molecule has 0 bridgehead atoms. The highest BCUT2D eigenvalue weighted by Crippen LogP contribution is 2.61. The Kier molecular flexibility index (Phi) is 1.75. The van der Waals surface area contributed by atoms with E-state index in [2.05, 4.69) is 5.92 Å². The second kappa shape index (κ2) is 3.02. The number of fused-ring (bicyclic) bond motifs is 3. The first kappa shape index (κ1) is 9.29. The first-order valence-corrected chi connectivity index (χ1v) is 5.18. The summed E-state index contributed by atoms with van der Waals surface area (Å²) in [7, 11) is 0. The zero-order valence-electron chi connectivity index (χ0n) is 8.46. The Morgan fingerprint density at radius 2 is 2.19 bits per heavy atom. The molecule has 3 rings (SSSR count). The summed E-state index contributed by atoms with van der Waals surface area (Å²) in [5.41, 5.74) is 0.978. The van der Waals surface area contributed by atoms with Gasteiger partial charge in [0.1, 0.15) is 5.75 Å². The smallest absolute Gasteiger partial charge is 0.307 e. The van der Waals surface area contributed by atoms with E-state index >= 15 is 0 Å². The number of carboxylic acids is 1. The molecule has 1 aliphatic heterocycles. The molecule has 1 aliphatic carbocycles. The van der Waals surface area contributed by atoms with Crippen LogP contribution in [0.4, 0.5) is 0 Å². The monoisotopic (exact) mass is 214 g/mol. The van der Waals surface area contributed by atoms with Crippen molar-refractivity contribution >= 4 is 5.97 Å². The molecule has 80 valence electrons. The summed E-state index contributed by atoms with van der Waals surface area (Å²) in [6.45, 7) is 0. The first-order valence-electron chi connectivity index (χ1n) is 5.18. The highest BCUT2D eigenvalue weighted by atomic mass is 16.5. The van der Waals surface area contributed by atoms with Crippen molar-refractivity contribution in [1.29, 1.82) is 0 Å². The fourth-order valence-electron chi connectivity index (χ4n) is 2.65. The maximum atomic E-state index is 11.1. The van der Waals surface area contributed by atoms with Crippen LogP contribution in [0, 0.1) is 24.2 Å². The lowest BCUT2D eigenvalue weighted by Gasteiger charge is -2.21. The molecule has 2 aliphatic rings. The van der Waals surface area contributed by atoms with Crippen LogP contribution in [0.1, 0.15) is 11.5 Å². The van der Waals surface area contributed by atoms with E-state index in [1.807, 2.05) is 24.3 Å². The topological polar surface area (TPSA) is 46.5 Å². The molecular weight excluding hydrogens is 204 g/mol. The maximum Gasteiger partial charge on any atom is 0.307 e. The Bertz CT molecular complexity index is 500. The van der Waals surface area contributed by atoms with Crippen molar-refractivity contribution in [3.8, 4) is 18.1 Å². The van der Waals surface area contributed by atoms with Crippen molar-refractivity contribution in [2.45, 2.75) is 12.0 Å². The fraction of sp³-hybridized carbons (Fsp3) is 0.308. The van der Waals surface area contributed by atoms with Gasteiger partial charge in [0.05, 0.1) is 5.92 Å². The van der Waals surface area contributed by atoms with Crippen LogP contribution in [0.2, 0.25) is 0 Å². The van der Waals surface area contributed by atoms with Crippen molar-refractivity contribution in [3.05, 3.63) is 29.8 Å². The standard InChI is InChI=1S/C13H10O3/c1-2-8-11-10(12(11)13(14)15)7-5-3-4-6-9(7)16-8/h1,3-6,8,10-12H,(H,14,15)/t8?,10-,11+,12?/m1/s1. The van der Waals surface area contributed by atoms with Crippen LogP contribution >= 0.6 is 0 Å². The van der Waals surface area contributed by atoms with Crippen LogP contribution in [0.25, 0.3) is 0 Å². The third kappa shape index (κ3) is 1.07. The number of hydrogen-bond donors (Lipinski definition) is 1. The number of rotatable bonds is 1. The highest BCUT2D eigenvalue weighted by molar-refractivity contribution is 5.77. The van der Waals surface area contributed by atoms with Gasteiger partial charge in [-0.15, -0.1) is 6.42 Å². The summed E-state index contributed by atoms with van der Waals surface area (Å²) in [6, 6.07) is 7.52. The van der Waals surface area contributed by atoms with Crippen LogP contribution in [-0.4, -0.2) is 17.2 Å². The van der Waals surface area contributed by atoms with Gasteiger partial charge in [0, 0.05) is 11.8 Å². The summed E-state index contributed by atoms with van der Waals surface area (Å²) < 4.78 is 5.62. The van der Waals surface area contributed by atoms with Gasteiger partial charge < -0.3 is 9.84 Å². The van der Waals surface area contributed by atoms with Gasteiger partial charge in [-0.25, -0.2) is 0 Å². The molecular formula is C13H10O3. The van der Waals surface area contributed by atoms with E-state index in [0.29, 0.717) is 0 Å². The van der Waals surface area contributed by atoms with E-state index in [1.54, 1.807) is 0 Å². The molecule has 0 aromatic heterocycles. The molecule has 1 aromatic carbocycles. The Labute approximate surface area is 93.0 Å². The first-order chi connectivity index (χ1) is 7.74. The minimum absolute atomic E-state index is 0.0310. The Morgan fingerprint density at radius 1 is 1.44 bits per heavy atom. The molecule has 2 unspecified atom stereocenters. The zero-order valence-corrected chi connectivity index (χ0v) is 8.46. The third-order valence-electron chi connectivity index (χ3n) is 3.41. The molecule has 0 spiro atoms. The van der Waals surface area contributed by atoms with Crippen molar-refractivity contribution in [2.24, 2.45) is 11.8 Å². The van der Waals surface area contributed by atoms with E-state index < -0.39 is 12.1 Å². The second-order valence-electron chi connectivity index (χ2n) is 4.21. The van der Waals surface area contributed by atoms with Gasteiger partial charge in [-0.2, -0.15) is 0 Å². The van der Waals surface area contributed by atoms with Gasteiger partial charge >= 0.3 is 5.97 Å². The number of carboxylic acid groups (broad SMARTS) is 1. The van der Waals surface area contributed by atoms with Gasteiger partial charge in [-0.05, 0) is 11.6 Å². The van der Waals surface area contributed by atoms with E-state index in [1.165, 1.54) is 0 Å². The van der Waals surface area contributed by atoms with Crippen molar-refractivity contribution in [2.75, 3.05) is 0 Å². The predicted molar refractivity (Wildman–Crippen MR) is 57.0 cm³/mol. The summed E-state index contributed by atoms with van der Waals surface area (Å²) >= 11 is 0. The number of benzene rings is 1. The normalized spacial score (nSPS) is 33.9. The summed E-state index contributed by atoms with van der Waals surface area (Å²) in [5, 5.41) is 9.10. The summed E-state index contributed by atoms with van der Waals surface area (Å²) in [6.07, 6.45) is 4.97. The molecule has 0 saturated heterocycles. The van der Waals surface area contributed by atoms with Gasteiger partial charge in [0.25, 0.3) is 0 Å². The summed E-state index contributed by atoms with van der Waals surface area (Å²) in [4.78, 5) is 11.1. The van der Waals surface area contributed by atoms with Crippen molar-refractivity contribution in [1.82, 2.24) is 0 Å². The number of hydrogen-bond acceptors (Lipinski definition) is 2. The lowest BCUT2D eigenvalue weighted by Crippen LogP contribution is -2.22. The number of terminal acetylenes is 1. The van der Waals surface area contributed by atoms with E-state index in [0.717, 1.165) is 11.3 Å². The van der Waals surface area contributed by atoms with E-state index in [4.69, 9.17) is 16.3 Å². The summed E-state index contributed by atoms with van der Waals surface area (Å²) in [5.74, 6) is 2.07. The average molecular weight is 214 g/mol. The Morgan fingerprint density at radius 3 is 2.88 bits per heavy atom. The van der Waals surface area contributed by atoms with Crippen LogP contribution in [0.15, 0.2) is 24.3 Å². The lowest BCUT2D eigenvalue weighted by atomic mass is 10.0. The number of carbonyl (C=O) groups is 1. The van der Waals surface area contributed by atoms with Gasteiger partial charge in [-0.3, -0.25) is 4.79 Å². The number of para-hydroxylation sites is 1. The molecule has 1 saturated carbocycles. The molecule has 4 atom stereocenters. The van der Waals surface area contributed by atoms with Gasteiger partial charge in [0.2, 0.25) is 0 Å². The molecule has 16 heavy (non-hydrogen) atoms. The molecule has 1 N–H and O–H groups in total. The van der Waals surface area contributed by atoms with Gasteiger partial charge in [-0.1, -0.05) is 24.1 Å². The minimum atomic E-state index is -0.782. The van der Waals surface area contributed by atoms with Crippen LogP contribution in [-0.2, 0) is 4.79 Å². The quantitative estimate of drug-likeness (QED) is 0.720. The second-order valence-corrected chi connectivity index (χ2v) is 4.21. The fourth-order valence-corrected chi connectivity index (χ4v) is 2.65. The van der Waals surface area contributed by atoms with Crippen molar-refractivity contribution < 1.29 is 14.6 Å². The van der Waals surface area contributed by atoms with Crippen molar-refractivity contribution in [3.63, 3.8) is 0 Å². The predicted octanol–water partition coefficient (Wildman–Crippen LogP) is 1.49. The highest BCUT2D eigenvalue weighted by Gasteiger charge is 2.62. The van der Waals surface area contributed by atoms with E-state index in [-0.39, 0.29) is 17.8 Å². The molecule has 1 fully saturated rings. The van der Waals surface area contributed by atoms with E-state index in [9.17, 15) is 4.79 Å². The molecule has 0 radical (unpaired) electrons. The lowest BCUT2D eigenvalue weighted by molar-refractivity contribution is -0.139. The Hall–Kier alpha value is -1.95. The molecule has 1 heterocycles. The van der Waals surface area contributed by atoms with Gasteiger partial charge in [0.15, 0.2) is 6.10 Å². The Balaban J connectivity index is 2.05. The molecule has 3 nitrogen and oxygen atoms in total. The number of ether oxygens (including phenoxy) is 1. The molecule has 3 heteroatoms.